The number of piperidine rings is 1. The van der Waals surface area contributed by atoms with Gasteiger partial charge in [0.15, 0.2) is 11.5 Å². The van der Waals surface area contributed by atoms with Crippen LogP contribution in [0.1, 0.15) is 66.2 Å². The summed E-state index contributed by atoms with van der Waals surface area (Å²) in [6, 6.07) is 14.7. The molecule has 0 bridgehead atoms. The summed E-state index contributed by atoms with van der Waals surface area (Å²) >= 11 is 0. The molecular formula is C33H36FN9O4. The zero-order valence-electron chi connectivity index (χ0n) is 26.1. The Morgan fingerprint density at radius 3 is 2.57 bits per heavy atom. The first-order valence-corrected chi connectivity index (χ1v) is 15.6. The largest absolute Gasteiger partial charge is 0.373 e. The summed E-state index contributed by atoms with van der Waals surface area (Å²) in [5.41, 5.74) is 11.9. The van der Waals surface area contributed by atoms with Crippen LogP contribution in [-0.4, -0.2) is 67.4 Å². The number of halogens is 1. The summed E-state index contributed by atoms with van der Waals surface area (Å²) in [4.78, 5) is 49.8. The Bertz CT molecular complexity index is 1910. The number of pyridine rings is 1. The first kappa shape index (κ1) is 30.6. The number of amides is 2. The summed E-state index contributed by atoms with van der Waals surface area (Å²) in [6.07, 6.45) is 3.93. The second kappa shape index (κ2) is 11.9. The SMILES string of the molecule is CC(C)(F)C(=O)N1CCC(c2cc(-c3ccc(NC(=O)c4c5n(n(-c6ccccn6)c4=O)CCOC5)cc3)c3n2NC=NC3N)CC1. The van der Waals surface area contributed by atoms with Crippen molar-refractivity contribution in [2.24, 2.45) is 10.7 Å². The lowest BCUT2D eigenvalue weighted by atomic mass is 9.92. The van der Waals surface area contributed by atoms with Crippen molar-refractivity contribution in [2.45, 2.75) is 57.6 Å². The number of nitrogens with zero attached hydrogens (tertiary/aromatic N) is 6. The van der Waals surface area contributed by atoms with Crippen LogP contribution in [0.3, 0.4) is 0 Å². The molecular weight excluding hydrogens is 605 g/mol. The van der Waals surface area contributed by atoms with Crippen LogP contribution in [0.2, 0.25) is 0 Å². The molecule has 0 radical (unpaired) electrons. The van der Waals surface area contributed by atoms with Gasteiger partial charge in [-0.3, -0.25) is 29.2 Å². The second-order valence-electron chi connectivity index (χ2n) is 12.4. The normalized spacial score (nSPS) is 18.0. The van der Waals surface area contributed by atoms with Crippen LogP contribution in [-0.2, 0) is 22.7 Å². The summed E-state index contributed by atoms with van der Waals surface area (Å²) in [7, 11) is 0. The van der Waals surface area contributed by atoms with Gasteiger partial charge in [0.05, 0.1) is 31.1 Å². The number of aromatic nitrogens is 4. The van der Waals surface area contributed by atoms with Crippen molar-refractivity contribution in [3.63, 3.8) is 0 Å². The van der Waals surface area contributed by atoms with Crippen molar-refractivity contribution in [2.75, 3.05) is 30.4 Å². The topological polar surface area (TPSA) is 154 Å². The monoisotopic (exact) mass is 641 g/mol. The second-order valence-corrected chi connectivity index (χ2v) is 12.4. The highest BCUT2D eigenvalue weighted by atomic mass is 19.1. The fraction of sp³-hybridized carbons (Fsp3) is 0.364. The van der Waals surface area contributed by atoms with E-state index in [0.29, 0.717) is 56.3 Å². The zero-order valence-corrected chi connectivity index (χ0v) is 26.1. The van der Waals surface area contributed by atoms with E-state index in [0.717, 1.165) is 22.5 Å². The molecule has 0 spiro atoms. The fourth-order valence-electron chi connectivity index (χ4n) is 6.66. The van der Waals surface area contributed by atoms with Crippen molar-refractivity contribution in [3.8, 4) is 16.9 Å². The molecule has 7 rings (SSSR count). The number of nitrogens with two attached hydrogens (primary N) is 1. The molecule has 1 aromatic carbocycles. The number of fused-ring (bicyclic) bond motifs is 2. The average Bonchev–Trinajstić information content (AvgIpc) is 3.61. The van der Waals surface area contributed by atoms with Crippen LogP contribution < -0.4 is 22.0 Å². The highest BCUT2D eigenvalue weighted by Gasteiger charge is 2.36. The van der Waals surface area contributed by atoms with Crippen LogP contribution >= 0.6 is 0 Å². The number of benzene rings is 1. The highest BCUT2D eigenvalue weighted by Crippen LogP contribution is 2.38. The van der Waals surface area contributed by atoms with E-state index in [2.05, 4.69) is 26.8 Å². The number of ether oxygens (including phenoxy) is 1. The van der Waals surface area contributed by atoms with E-state index in [9.17, 15) is 18.8 Å². The highest BCUT2D eigenvalue weighted by molar-refractivity contribution is 6.05. The van der Waals surface area contributed by atoms with Crippen molar-refractivity contribution in [3.05, 3.63) is 87.7 Å². The van der Waals surface area contributed by atoms with Gasteiger partial charge in [0, 0.05) is 42.1 Å². The third kappa shape index (κ3) is 5.52. The number of alkyl halides is 1. The Balaban J connectivity index is 1.14. The smallest absolute Gasteiger partial charge is 0.286 e. The Morgan fingerprint density at radius 2 is 1.87 bits per heavy atom. The molecule has 4 aromatic rings. The van der Waals surface area contributed by atoms with Gasteiger partial charge in [-0.25, -0.2) is 14.4 Å². The molecule has 244 valence electrons. The molecule has 14 heteroatoms. The van der Waals surface area contributed by atoms with Crippen molar-refractivity contribution >= 4 is 23.8 Å². The van der Waals surface area contributed by atoms with E-state index in [-0.39, 0.29) is 18.1 Å². The van der Waals surface area contributed by atoms with Gasteiger partial charge in [0.25, 0.3) is 17.4 Å². The number of carbonyl (C=O) groups is 2. The molecule has 0 saturated carbocycles. The van der Waals surface area contributed by atoms with E-state index >= 15 is 0 Å². The van der Waals surface area contributed by atoms with Gasteiger partial charge in [0.1, 0.15) is 18.1 Å². The van der Waals surface area contributed by atoms with Crippen molar-refractivity contribution < 1.29 is 18.7 Å². The van der Waals surface area contributed by atoms with Crippen LogP contribution in [0.15, 0.2) is 64.5 Å². The minimum atomic E-state index is -1.90. The van der Waals surface area contributed by atoms with Crippen LogP contribution in [0.5, 0.6) is 0 Å². The molecule has 1 saturated heterocycles. The number of aliphatic imine (C=N–C) groups is 1. The van der Waals surface area contributed by atoms with Gasteiger partial charge in [-0.1, -0.05) is 18.2 Å². The maximum absolute atomic E-state index is 14.3. The van der Waals surface area contributed by atoms with E-state index in [1.165, 1.54) is 18.5 Å². The molecule has 6 heterocycles. The van der Waals surface area contributed by atoms with Gasteiger partial charge in [-0.15, -0.1) is 0 Å². The number of carbonyl (C=O) groups excluding carboxylic acids is 2. The predicted octanol–water partition coefficient (Wildman–Crippen LogP) is 3.28. The van der Waals surface area contributed by atoms with Gasteiger partial charge < -0.3 is 20.7 Å². The van der Waals surface area contributed by atoms with Gasteiger partial charge in [-0.05, 0) is 62.6 Å². The number of likely N-dealkylation sites (tertiary alicyclic amines) is 1. The Kier molecular flexibility index (Phi) is 7.76. The molecule has 3 aromatic heterocycles. The molecule has 1 fully saturated rings. The molecule has 4 N–H and O–H groups in total. The molecule has 3 aliphatic rings. The number of hydrogen-bond acceptors (Lipinski definition) is 8. The fourth-order valence-corrected chi connectivity index (χ4v) is 6.66. The van der Waals surface area contributed by atoms with Crippen molar-refractivity contribution in [1.82, 2.24) is 23.9 Å². The Morgan fingerprint density at radius 1 is 1.11 bits per heavy atom. The molecule has 3 aliphatic heterocycles. The van der Waals surface area contributed by atoms with Gasteiger partial charge in [0.2, 0.25) is 0 Å². The first-order chi connectivity index (χ1) is 22.6. The Labute approximate surface area is 269 Å². The number of rotatable bonds is 6. The molecule has 47 heavy (non-hydrogen) atoms. The third-order valence-corrected chi connectivity index (χ3v) is 8.96. The third-order valence-electron chi connectivity index (χ3n) is 8.96. The van der Waals surface area contributed by atoms with Crippen LogP contribution in [0.4, 0.5) is 10.1 Å². The number of hydrogen-bond donors (Lipinski definition) is 3. The van der Waals surface area contributed by atoms with E-state index in [1.807, 2.05) is 16.8 Å². The van der Waals surface area contributed by atoms with Crippen LogP contribution in [0.25, 0.3) is 16.9 Å². The summed E-state index contributed by atoms with van der Waals surface area (Å²) in [5, 5.41) is 2.88. The van der Waals surface area contributed by atoms with Crippen molar-refractivity contribution in [1.29, 1.82) is 0 Å². The zero-order chi connectivity index (χ0) is 32.9. The maximum atomic E-state index is 14.3. The number of anilines is 1. The first-order valence-electron chi connectivity index (χ1n) is 15.6. The molecule has 1 atom stereocenters. The standard InChI is InChI=1S/C33H36FN9O4/c1-33(2,34)32(46)40-13-10-21(11-14-40)24-17-23(28-29(35)37-19-38-42(24)28)20-6-8-22(9-7-20)39-30(44)27-25-18-47-16-15-41(25)43(31(27)45)26-5-3-4-12-36-26/h3-9,12,17,19,21,29H,10-11,13-16,18,35H2,1-2H3,(H,37,38)(H,39,44). The van der Waals surface area contributed by atoms with E-state index < -0.39 is 29.2 Å². The van der Waals surface area contributed by atoms with E-state index in [4.69, 9.17) is 10.5 Å². The summed E-state index contributed by atoms with van der Waals surface area (Å²) in [6.45, 7) is 4.49. The molecule has 1 unspecified atom stereocenters. The quantitative estimate of drug-likeness (QED) is 0.292. The van der Waals surface area contributed by atoms with Crippen LogP contribution in [0, 0.1) is 0 Å². The lowest BCUT2D eigenvalue weighted by Crippen LogP contribution is -2.46. The minimum Gasteiger partial charge on any atom is -0.373 e. The minimum absolute atomic E-state index is 0.0170. The predicted molar refractivity (Wildman–Crippen MR) is 174 cm³/mol. The number of nitrogens with one attached hydrogen (secondary N) is 2. The molecule has 2 amide bonds. The van der Waals surface area contributed by atoms with Gasteiger partial charge in [-0.2, -0.15) is 4.68 Å². The van der Waals surface area contributed by atoms with Gasteiger partial charge >= 0.3 is 0 Å². The maximum Gasteiger partial charge on any atom is 0.286 e. The molecule has 0 aliphatic carbocycles. The Hall–Kier alpha value is -5.08. The molecule has 13 nitrogen and oxygen atoms in total. The van der Waals surface area contributed by atoms with E-state index in [1.54, 1.807) is 52.4 Å². The average molecular weight is 642 g/mol. The lowest BCUT2D eigenvalue weighted by Gasteiger charge is -2.35. The summed E-state index contributed by atoms with van der Waals surface area (Å²) in [5.74, 6) is -0.472. The summed E-state index contributed by atoms with van der Waals surface area (Å²) < 4.78 is 25.0. The lowest BCUT2D eigenvalue weighted by molar-refractivity contribution is -0.143.